The molecule has 150 valence electrons. The van der Waals surface area contributed by atoms with Gasteiger partial charge < -0.3 is 20.1 Å². The highest BCUT2D eigenvalue weighted by molar-refractivity contribution is 14.0. The molecule has 1 rings (SSSR count). The summed E-state index contributed by atoms with van der Waals surface area (Å²) in [6, 6.07) is 0. The van der Waals surface area contributed by atoms with E-state index < -0.39 is 0 Å². The van der Waals surface area contributed by atoms with Crippen LogP contribution in [0.3, 0.4) is 0 Å². The van der Waals surface area contributed by atoms with Crippen LogP contribution in [-0.4, -0.2) is 52.5 Å². The Balaban J connectivity index is 0.00000576. The predicted octanol–water partition coefficient (Wildman–Crippen LogP) is 3.68. The first-order valence-corrected chi connectivity index (χ1v) is 9.53. The zero-order valence-corrected chi connectivity index (χ0v) is 19.2. The molecule has 1 saturated heterocycles. The summed E-state index contributed by atoms with van der Waals surface area (Å²) in [4.78, 5) is 4.30. The van der Waals surface area contributed by atoms with Crippen molar-refractivity contribution in [3.8, 4) is 0 Å². The van der Waals surface area contributed by atoms with Crippen LogP contribution in [0.1, 0.15) is 53.4 Å². The van der Waals surface area contributed by atoms with Crippen molar-refractivity contribution in [2.24, 2.45) is 22.2 Å². The zero-order valence-electron chi connectivity index (χ0n) is 16.9. The highest BCUT2D eigenvalue weighted by atomic mass is 127. The van der Waals surface area contributed by atoms with Crippen LogP contribution in [0.4, 0.5) is 0 Å². The maximum absolute atomic E-state index is 5.79. The van der Waals surface area contributed by atoms with Crippen LogP contribution in [0, 0.1) is 17.3 Å². The van der Waals surface area contributed by atoms with E-state index in [1.165, 1.54) is 6.42 Å². The molecule has 25 heavy (non-hydrogen) atoms. The molecule has 0 aromatic rings. The van der Waals surface area contributed by atoms with Gasteiger partial charge in [-0.25, -0.2) is 0 Å². The molecule has 1 fully saturated rings. The summed E-state index contributed by atoms with van der Waals surface area (Å²) in [6.45, 7) is 14.4. The molecule has 5 nitrogen and oxygen atoms in total. The number of ether oxygens (including phenoxy) is 2. The number of hydrogen-bond donors (Lipinski definition) is 2. The average Bonchev–Trinajstić information content (AvgIpc) is 2.53. The van der Waals surface area contributed by atoms with Gasteiger partial charge in [-0.1, -0.05) is 27.7 Å². The van der Waals surface area contributed by atoms with Gasteiger partial charge in [0.05, 0.1) is 0 Å². The fourth-order valence-corrected chi connectivity index (χ4v) is 3.27. The van der Waals surface area contributed by atoms with E-state index in [4.69, 9.17) is 9.47 Å². The third-order valence-electron chi connectivity index (χ3n) is 4.37. The van der Waals surface area contributed by atoms with Crippen LogP contribution in [0.15, 0.2) is 4.99 Å². The lowest BCUT2D eigenvalue weighted by Gasteiger charge is -2.28. The van der Waals surface area contributed by atoms with Crippen LogP contribution in [0.2, 0.25) is 0 Å². The van der Waals surface area contributed by atoms with E-state index in [0.29, 0.717) is 11.8 Å². The van der Waals surface area contributed by atoms with Crippen molar-refractivity contribution in [2.45, 2.75) is 53.4 Å². The standard InChI is InChI=1S/C19H39N3O2.HI/c1-16(2)13-19(3,4)15-22-18(20-5)21-9-6-10-24-14-17-7-11-23-12-8-17;/h16-17H,6-15H2,1-5H3,(H2,20,21,22);1H. The Kier molecular flexibility index (Phi) is 14.0. The Labute approximate surface area is 172 Å². The molecular formula is C19H40IN3O2. The summed E-state index contributed by atoms with van der Waals surface area (Å²) < 4.78 is 11.2. The quantitative estimate of drug-likeness (QED) is 0.222. The number of hydrogen-bond acceptors (Lipinski definition) is 3. The van der Waals surface area contributed by atoms with Gasteiger partial charge in [0, 0.05) is 46.6 Å². The van der Waals surface area contributed by atoms with Crippen LogP contribution in [-0.2, 0) is 9.47 Å². The molecule has 0 radical (unpaired) electrons. The Morgan fingerprint density at radius 3 is 2.52 bits per heavy atom. The SMILES string of the molecule is CN=C(NCCCOCC1CCOCC1)NCC(C)(C)CC(C)C.I. The number of nitrogens with zero attached hydrogens (tertiary/aromatic N) is 1. The molecule has 0 aliphatic carbocycles. The molecule has 0 aromatic heterocycles. The second-order valence-electron chi connectivity index (χ2n) is 8.10. The number of rotatable bonds is 10. The first kappa shape index (κ1) is 24.9. The van der Waals surface area contributed by atoms with Crippen molar-refractivity contribution in [3.63, 3.8) is 0 Å². The monoisotopic (exact) mass is 469 g/mol. The van der Waals surface area contributed by atoms with Gasteiger partial charge in [0.1, 0.15) is 0 Å². The second-order valence-corrected chi connectivity index (χ2v) is 8.10. The normalized spacial score (nSPS) is 16.6. The topological polar surface area (TPSA) is 54.9 Å². The molecule has 6 heteroatoms. The molecular weight excluding hydrogens is 429 g/mol. The minimum Gasteiger partial charge on any atom is -0.381 e. The molecule has 0 spiro atoms. The largest absolute Gasteiger partial charge is 0.381 e. The van der Waals surface area contributed by atoms with Gasteiger partial charge in [-0.15, -0.1) is 24.0 Å². The highest BCUT2D eigenvalue weighted by Gasteiger charge is 2.19. The van der Waals surface area contributed by atoms with Gasteiger partial charge in [-0.3, -0.25) is 4.99 Å². The third-order valence-corrected chi connectivity index (χ3v) is 4.37. The summed E-state index contributed by atoms with van der Waals surface area (Å²) in [5, 5.41) is 6.81. The fourth-order valence-electron chi connectivity index (χ4n) is 3.27. The van der Waals surface area contributed by atoms with Crippen LogP contribution in [0.25, 0.3) is 0 Å². The van der Waals surface area contributed by atoms with E-state index in [-0.39, 0.29) is 29.4 Å². The van der Waals surface area contributed by atoms with E-state index >= 15 is 0 Å². The lowest BCUT2D eigenvalue weighted by atomic mass is 9.84. The highest BCUT2D eigenvalue weighted by Crippen LogP contribution is 2.23. The average molecular weight is 469 g/mol. The first-order chi connectivity index (χ1) is 11.4. The van der Waals surface area contributed by atoms with Crippen molar-refractivity contribution in [1.29, 1.82) is 0 Å². The molecule has 1 heterocycles. The van der Waals surface area contributed by atoms with Crippen molar-refractivity contribution in [3.05, 3.63) is 0 Å². The van der Waals surface area contributed by atoms with Crippen molar-refractivity contribution in [1.82, 2.24) is 10.6 Å². The second kappa shape index (κ2) is 14.0. The lowest BCUT2D eigenvalue weighted by molar-refractivity contribution is 0.0203. The minimum absolute atomic E-state index is 0. The Morgan fingerprint density at radius 1 is 1.24 bits per heavy atom. The van der Waals surface area contributed by atoms with Crippen LogP contribution >= 0.6 is 24.0 Å². The summed E-state index contributed by atoms with van der Waals surface area (Å²) in [5.74, 6) is 2.28. The lowest BCUT2D eigenvalue weighted by Crippen LogP contribution is -2.42. The Hall–Kier alpha value is -0.0800. The summed E-state index contributed by atoms with van der Waals surface area (Å²) in [5.41, 5.74) is 0.276. The predicted molar refractivity (Wildman–Crippen MR) is 117 cm³/mol. The van der Waals surface area contributed by atoms with Gasteiger partial charge in [-0.2, -0.15) is 0 Å². The Bertz CT molecular complexity index is 357. The molecule has 0 bridgehead atoms. The molecule has 0 amide bonds. The molecule has 1 aliphatic rings. The number of guanidine groups is 1. The smallest absolute Gasteiger partial charge is 0.190 e. The third kappa shape index (κ3) is 12.8. The fraction of sp³-hybridized carbons (Fsp3) is 0.947. The van der Waals surface area contributed by atoms with Gasteiger partial charge in [-0.05, 0) is 42.9 Å². The van der Waals surface area contributed by atoms with Crippen LogP contribution in [0.5, 0.6) is 0 Å². The van der Waals surface area contributed by atoms with Gasteiger partial charge in [0.25, 0.3) is 0 Å². The van der Waals surface area contributed by atoms with Crippen molar-refractivity contribution >= 4 is 29.9 Å². The summed E-state index contributed by atoms with van der Waals surface area (Å²) >= 11 is 0. The van der Waals surface area contributed by atoms with Gasteiger partial charge in [0.2, 0.25) is 0 Å². The zero-order chi connectivity index (χ0) is 17.8. The number of nitrogens with one attached hydrogen (secondary N) is 2. The number of aliphatic imine (C=N–C) groups is 1. The van der Waals surface area contributed by atoms with Crippen LogP contribution < -0.4 is 10.6 Å². The van der Waals surface area contributed by atoms with Gasteiger partial charge in [0.15, 0.2) is 5.96 Å². The summed E-state index contributed by atoms with van der Waals surface area (Å²) in [6.07, 6.45) is 4.48. The first-order valence-electron chi connectivity index (χ1n) is 9.53. The van der Waals surface area contributed by atoms with E-state index in [1.54, 1.807) is 0 Å². The maximum atomic E-state index is 5.79. The molecule has 0 unspecified atom stereocenters. The van der Waals surface area contributed by atoms with E-state index in [1.807, 2.05) is 7.05 Å². The molecule has 0 atom stereocenters. The van der Waals surface area contributed by atoms with E-state index in [0.717, 1.165) is 64.7 Å². The van der Waals surface area contributed by atoms with E-state index in [2.05, 4.69) is 43.3 Å². The number of halogens is 1. The Morgan fingerprint density at radius 2 is 1.92 bits per heavy atom. The summed E-state index contributed by atoms with van der Waals surface area (Å²) in [7, 11) is 1.83. The minimum atomic E-state index is 0. The van der Waals surface area contributed by atoms with Crippen molar-refractivity contribution < 1.29 is 9.47 Å². The van der Waals surface area contributed by atoms with Gasteiger partial charge >= 0.3 is 0 Å². The molecule has 1 aliphatic heterocycles. The molecule has 0 aromatic carbocycles. The molecule has 2 N–H and O–H groups in total. The molecule has 0 saturated carbocycles. The van der Waals surface area contributed by atoms with Crippen molar-refractivity contribution in [2.75, 3.05) is 46.6 Å². The maximum Gasteiger partial charge on any atom is 0.190 e. The van der Waals surface area contributed by atoms with E-state index in [9.17, 15) is 0 Å².